The van der Waals surface area contributed by atoms with Crippen LogP contribution in [0.4, 0.5) is 4.39 Å². The van der Waals surface area contributed by atoms with E-state index in [1.807, 2.05) is 6.92 Å². The Morgan fingerprint density at radius 1 is 1.26 bits per heavy atom. The summed E-state index contributed by atoms with van der Waals surface area (Å²) in [7, 11) is 0. The maximum Gasteiger partial charge on any atom is 0.277 e. The third-order valence-electron chi connectivity index (χ3n) is 5.96. The first kappa shape index (κ1) is 18.5. The van der Waals surface area contributed by atoms with E-state index in [2.05, 4.69) is 22.4 Å². The first-order chi connectivity index (χ1) is 13.0. The van der Waals surface area contributed by atoms with Crippen molar-refractivity contribution < 1.29 is 13.6 Å². The molecule has 144 valence electrons. The minimum Gasteiger partial charge on any atom is -0.411 e. The molecule has 4 rings (SSSR count). The minimum absolute atomic E-state index is 0.0269. The molecule has 0 spiro atoms. The second kappa shape index (κ2) is 7.62. The highest BCUT2D eigenvalue weighted by Crippen LogP contribution is 2.49. The number of fused-ring (bicyclic) bond motifs is 2. The number of benzene rings is 1. The van der Waals surface area contributed by atoms with E-state index in [-0.39, 0.29) is 33.9 Å². The van der Waals surface area contributed by atoms with Gasteiger partial charge in [0.25, 0.3) is 11.1 Å². The molecule has 2 fully saturated rings. The average molecular weight is 389 g/mol. The van der Waals surface area contributed by atoms with Crippen LogP contribution in [-0.4, -0.2) is 27.4 Å². The second-order valence-corrected chi connectivity index (χ2v) is 9.04. The van der Waals surface area contributed by atoms with Gasteiger partial charge in [-0.2, -0.15) is 0 Å². The molecule has 0 unspecified atom stereocenters. The predicted molar refractivity (Wildman–Crippen MR) is 102 cm³/mol. The van der Waals surface area contributed by atoms with Crippen LogP contribution >= 0.6 is 11.8 Å². The molecule has 2 saturated carbocycles. The summed E-state index contributed by atoms with van der Waals surface area (Å²) in [6.45, 7) is 3.93. The molecule has 1 N–H and O–H groups in total. The minimum atomic E-state index is -0.414. The van der Waals surface area contributed by atoms with Crippen LogP contribution in [0.5, 0.6) is 0 Å². The Bertz CT molecular complexity index is 827. The molecule has 0 saturated heterocycles. The monoisotopic (exact) mass is 389 g/mol. The molecule has 2 aliphatic carbocycles. The summed E-state index contributed by atoms with van der Waals surface area (Å²) in [6.07, 6.45) is 5.23. The fourth-order valence-corrected chi connectivity index (χ4v) is 5.25. The van der Waals surface area contributed by atoms with Crippen LogP contribution in [0.25, 0.3) is 11.5 Å². The largest absolute Gasteiger partial charge is 0.411 e. The molecule has 5 nitrogen and oxygen atoms in total. The fraction of sp³-hybridized carbons (Fsp3) is 0.550. The van der Waals surface area contributed by atoms with Crippen molar-refractivity contribution in [3.05, 3.63) is 30.1 Å². The lowest BCUT2D eigenvalue weighted by Gasteiger charge is -2.29. The number of carbonyl (C=O) groups excluding carboxylic acids is 1. The SMILES string of the molecule is C[C@H](Sc1nnc(-c2ccccc2F)o1)C(=O)N[C@H](C)[C@H]1C[C@H]2CC[C@H]1C2. The molecular formula is C20H24FN3O2S. The number of aromatic nitrogens is 2. The lowest BCUT2D eigenvalue weighted by atomic mass is 9.84. The Balaban J connectivity index is 1.34. The Hall–Kier alpha value is -1.89. The quantitative estimate of drug-likeness (QED) is 0.746. The number of halogens is 1. The van der Waals surface area contributed by atoms with E-state index >= 15 is 0 Å². The van der Waals surface area contributed by atoms with Gasteiger partial charge >= 0.3 is 0 Å². The molecular weight excluding hydrogens is 365 g/mol. The van der Waals surface area contributed by atoms with Crippen LogP contribution in [-0.2, 0) is 4.79 Å². The Kier molecular flexibility index (Phi) is 5.21. The molecule has 1 heterocycles. The third kappa shape index (κ3) is 3.88. The summed E-state index contributed by atoms with van der Waals surface area (Å²) in [6, 6.07) is 6.44. The third-order valence-corrected chi connectivity index (χ3v) is 6.90. The zero-order chi connectivity index (χ0) is 19.0. The van der Waals surface area contributed by atoms with E-state index in [1.54, 1.807) is 18.2 Å². The highest BCUT2D eigenvalue weighted by molar-refractivity contribution is 8.00. The smallest absolute Gasteiger partial charge is 0.277 e. The van der Waals surface area contributed by atoms with Gasteiger partial charge < -0.3 is 9.73 Å². The lowest BCUT2D eigenvalue weighted by molar-refractivity contribution is -0.121. The van der Waals surface area contributed by atoms with Crippen LogP contribution in [0.1, 0.15) is 39.5 Å². The number of nitrogens with zero attached hydrogens (tertiary/aromatic N) is 2. The number of carbonyl (C=O) groups is 1. The van der Waals surface area contributed by atoms with Crippen LogP contribution in [0.3, 0.4) is 0 Å². The van der Waals surface area contributed by atoms with E-state index in [4.69, 9.17) is 4.42 Å². The number of amides is 1. The molecule has 1 amide bonds. The van der Waals surface area contributed by atoms with Gasteiger partial charge in [-0.25, -0.2) is 4.39 Å². The molecule has 1 aromatic carbocycles. The molecule has 2 aliphatic rings. The summed E-state index contributed by atoms with van der Waals surface area (Å²) in [4.78, 5) is 12.6. The lowest BCUT2D eigenvalue weighted by Crippen LogP contribution is -2.43. The topological polar surface area (TPSA) is 68.0 Å². The molecule has 0 aliphatic heterocycles. The van der Waals surface area contributed by atoms with Gasteiger partial charge in [-0.05, 0) is 63.0 Å². The number of rotatable bonds is 6. The van der Waals surface area contributed by atoms with Gasteiger partial charge in [-0.3, -0.25) is 4.79 Å². The van der Waals surface area contributed by atoms with Gasteiger partial charge in [0.15, 0.2) is 0 Å². The first-order valence-electron chi connectivity index (χ1n) is 9.56. The van der Waals surface area contributed by atoms with Crippen molar-refractivity contribution in [1.82, 2.24) is 15.5 Å². The zero-order valence-corrected chi connectivity index (χ0v) is 16.3. The van der Waals surface area contributed by atoms with Gasteiger partial charge in [0.1, 0.15) is 5.82 Å². The normalized spacial score (nSPS) is 26.1. The van der Waals surface area contributed by atoms with Crippen molar-refractivity contribution in [1.29, 1.82) is 0 Å². The van der Waals surface area contributed by atoms with Gasteiger partial charge in [-0.1, -0.05) is 30.3 Å². The van der Waals surface area contributed by atoms with Crippen molar-refractivity contribution >= 4 is 17.7 Å². The highest BCUT2D eigenvalue weighted by atomic mass is 32.2. The molecule has 27 heavy (non-hydrogen) atoms. The van der Waals surface area contributed by atoms with Crippen LogP contribution in [0, 0.1) is 23.6 Å². The Labute approximate surface area is 162 Å². The zero-order valence-electron chi connectivity index (χ0n) is 15.5. The maximum atomic E-state index is 13.8. The summed E-state index contributed by atoms with van der Waals surface area (Å²) in [5.41, 5.74) is 0.263. The molecule has 0 radical (unpaired) electrons. The number of thioether (sulfide) groups is 1. The van der Waals surface area contributed by atoms with Crippen molar-refractivity contribution in [2.45, 2.75) is 56.0 Å². The van der Waals surface area contributed by atoms with E-state index in [9.17, 15) is 9.18 Å². The molecule has 2 bridgehead atoms. The predicted octanol–water partition coefficient (Wildman–Crippen LogP) is 4.30. The van der Waals surface area contributed by atoms with Gasteiger partial charge in [-0.15, -0.1) is 10.2 Å². The summed E-state index contributed by atoms with van der Waals surface area (Å²) >= 11 is 1.20. The van der Waals surface area contributed by atoms with E-state index in [1.165, 1.54) is 43.5 Å². The van der Waals surface area contributed by atoms with Gasteiger partial charge in [0.05, 0.1) is 10.8 Å². The van der Waals surface area contributed by atoms with Gasteiger partial charge in [0, 0.05) is 6.04 Å². The molecule has 2 aromatic rings. The van der Waals surface area contributed by atoms with Crippen molar-refractivity contribution in [2.75, 3.05) is 0 Å². The number of hydrogen-bond acceptors (Lipinski definition) is 5. The van der Waals surface area contributed by atoms with Crippen LogP contribution in [0.15, 0.2) is 33.9 Å². The van der Waals surface area contributed by atoms with Crippen molar-refractivity contribution in [2.24, 2.45) is 17.8 Å². The van der Waals surface area contributed by atoms with Crippen LogP contribution < -0.4 is 5.32 Å². The standard InChI is InChI=1S/C20H24FN3O2S/c1-11(16-10-13-7-8-14(16)9-13)22-18(25)12(2)27-20-24-23-19(26-20)15-5-3-4-6-17(15)21/h3-6,11-14,16H,7-10H2,1-2H3,(H,22,25)/t11-,12+,13+,14+,16-/m1/s1. The molecule has 7 heteroatoms. The van der Waals surface area contributed by atoms with Crippen molar-refractivity contribution in [3.8, 4) is 11.5 Å². The Morgan fingerprint density at radius 2 is 2.07 bits per heavy atom. The van der Waals surface area contributed by atoms with E-state index < -0.39 is 5.82 Å². The molecule has 5 atom stereocenters. The first-order valence-corrected chi connectivity index (χ1v) is 10.4. The molecule has 1 aromatic heterocycles. The fourth-order valence-electron chi connectivity index (χ4n) is 4.56. The van der Waals surface area contributed by atoms with Crippen molar-refractivity contribution in [3.63, 3.8) is 0 Å². The summed E-state index contributed by atoms with van der Waals surface area (Å²) in [5, 5.41) is 10.9. The second-order valence-electron chi connectivity index (χ2n) is 7.75. The average Bonchev–Trinajstić information content (AvgIpc) is 3.38. The highest BCUT2D eigenvalue weighted by Gasteiger charge is 2.42. The van der Waals surface area contributed by atoms with Gasteiger partial charge in [0.2, 0.25) is 5.91 Å². The summed E-state index contributed by atoms with van der Waals surface area (Å²) < 4.78 is 19.4. The van der Waals surface area contributed by atoms with E-state index in [0.717, 1.165) is 11.8 Å². The number of nitrogens with one attached hydrogen (secondary N) is 1. The van der Waals surface area contributed by atoms with Crippen LogP contribution in [0.2, 0.25) is 0 Å². The maximum absolute atomic E-state index is 13.8. The van der Waals surface area contributed by atoms with E-state index in [0.29, 0.717) is 5.92 Å². The summed E-state index contributed by atoms with van der Waals surface area (Å²) in [5.74, 6) is 1.91. The Morgan fingerprint density at radius 3 is 2.78 bits per heavy atom. The number of hydrogen-bond donors (Lipinski definition) is 1.